The summed E-state index contributed by atoms with van der Waals surface area (Å²) in [7, 11) is 0. The maximum absolute atomic E-state index is 16.7. The monoisotopic (exact) mass is 1340 g/mol. The number of rotatable bonds is 11. The zero-order valence-corrected chi connectivity index (χ0v) is 57.3. The van der Waals surface area contributed by atoms with E-state index in [1.54, 1.807) is 24.3 Å². The minimum Gasteiger partial charge on any atom is -0.457 e. The van der Waals surface area contributed by atoms with Gasteiger partial charge in [0.05, 0.1) is 27.8 Å². The summed E-state index contributed by atoms with van der Waals surface area (Å²) in [5.41, 5.74) is 16.3. The van der Waals surface area contributed by atoms with Gasteiger partial charge in [-0.05, 0) is 211 Å². The van der Waals surface area contributed by atoms with Gasteiger partial charge in [-0.1, -0.05) is 193 Å². The fraction of sp³-hybridized carbons (Fsp3) is 0.0968. The Morgan fingerprint density at radius 3 is 1.17 bits per heavy atom. The topological polar surface area (TPSA) is 106 Å². The number of nitrogens with zero attached hydrogens (tertiary/aromatic N) is 3. The number of benzene rings is 15. The summed E-state index contributed by atoms with van der Waals surface area (Å²) in [5, 5.41) is 4.40. The molecule has 19 rings (SSSR count). The number of amides is 2. The van der Waals surface area contributed by atoms with Crippen LogP contribution in [0.1, 0.15) is 116 Å². The molecule has 15 aromatic carbocycles. The number of esters is 2. The number of anilines is 7. The normalized spacial score (nSPS) is 13.9. The van der Waals surface area contributed by atoms with E-state index in [1.807, 2.05) is 91.0 Å². The Bertz CT molecular complexity index is 5910. The molecule has 4 aliphatic rings. The summed E-state index contributed by atoms with van der Waals surface area (Å²) in [4.78, 5) is 67.1. The van der Waals surface area contributed by atoms with Gasteiger partial charge >= 0.3 is 11.9 Å². The standard InChI is InChI=1S/C93H65N3O7/c1-91(2,3)54-31-38-63(39-32-54)101-79-52-73-81-71(47-45-69-84-80(102-64-40-33-55(34-41-64)92(4,5)6)53-74-82-72(89(99)103-90(74)100)48-46-70(86(82)84)83(79)85(69)81)87(97)96(88(73)98)62-37-44-66-65-29-19-20-30-75(65)93(78(66)51-62)76-49-60(94(56-21-11-7-12-22-56)57-23-13-8-14-24-57)35-42-67(76)68-43-36-61(50-77(68)93)95(58-25-15-9-16-26-58)59-27-17-10-18-28-59/h7-53H,1-6H3. The summed E-state index contributed by atoms with van der Waals surface area (Å²) in [5.74, 6) is -0.945. The number of hydrogen-bond donors (Lipinski definition) is 0. The Balaban J connectivity index is 0.847. The van der Waals surface area contributed by atoms with Gasteiger partial charge in [0.25, 0.3) is 11.8 Å². The fourth-order valence-electron chi connectivity index (χ4n) is 16.7. The molecule has 0 saturated carbocycles. The number of hydrogen-bond acceptors (Lipinski definition) is 9. The van der Waals surface area contributed by atoms with Crippen LogP contribution in [0.15, 0.2) is 285 Å². The van der Waals surface area contributed by atoms with Crippen LogP contribution in [0.25, 0.3) is 65.3 Å². The molecule has 2 amide bonds. The van der Waals surface area contributed by atoms with Crippen LogP contribution in [-0.2, 0) is 21.0 Å². The number of carbonyl (C=O) groups excluding carboxylic acids is 4. The first-order valence-corrected chi connectivity index (χ1v) is 34.9. The van der Waals surface area contributed by atoms with Crippen molar-refractivity contribution in [3.63, 3.8) is 0 Å². The molecule has 0 atom stereocenters. The molecule has 10 heteroatoms. The van der Waals surface area contributed by atoms with Crippen LogP contribution in [0.5, 0.6) is 23.0 Å². The van der Waals surface area contributed by atoms with E-state index in [1.165, 1.54) is 4.90 Å². The second kappa shape index (κ2) is 22.5. The highest BCUT2D eigenvalue weighted by Gasteiger charge is 2.53. The molecular formula is C93H65N3O7. The summed E-state index contributed by atoms with van der Waals surface area (Å²) in [6.45, 7) is 12.9. The summed E-state index contributed by atoms with van der Waals surface area (Å²) < 4.78 is 19.6. The number of carbonyl (C=O) groups is 4. The average Bonchev–Trinajstić information content (AvgIpc) is 1.67. The first-order chi connectivity index (χ1) is 50.0. The predicted molar refractivity (Wildman–Crippen MR) is 411 cm³/mol. The highest BCUT2D eigenvalue weighted by atomic mass is 16.6. The summed E-state index contributed by atoms with van der Waals surface area (Å²) >= 11 is 0. The van der Waals surface area contributed by atoms with Crippen LogP contribution >= 0.6 is 0 Å². The molecule has 0 unspecified atom stereocenters. The van der Waals surface area contributed by atoms with Crippen molar-refractivity contribution in [3.05, 3.63) is 341 Å². The minimum absolute atomic E-state index is 0.139. The van der Waals surface area contributed by atoms with Crippen molar-refractivity contribution in [2.75, 3.05) is 14.7 Å². The Labute approximate surface area is 595 Å². The van der Waals surface area contributed by atoms with E-state index in [0.29, 0.717) is 77.3 Å². The highest BCUT2D eigenvalue weighted by Crippen LogP contribution is 2.65. The van der Waals surface area contributed by atoms with Crippen molar-refractivity contribution in [2.45, 2.75) is 57.8 Å². The van der Waals surface area contributed by atoms with E-state index in [0.717, 1.165) is 89.8 Å². The molecule has 0 aromatic heterocycles. The quantitative estimate of drug-likeness (QED) is 0.0411. The van der Waals surface area contributed by atoms with Gasteiger partial charge in [0.15, 0.2) is 0 Å². The molecule has 2 aliphatic carbocycles. The lowest BCUT2D eigenvalue weighted by molar-refractivity contribution is 0.0390. The molecule has 494 valence electrons. The molecule has 0 radical (unpaired) electrons. The van der Waals surface area contributed by atoms with Crippen LogP contribution in [0.3, 0.4) is 0 Å². The smallest absolute Gasteiger partial charge is 0.346 e. The number of para-hydroxylation sites is 4. The van der Waals surface area contributed by atoms with Gasteiger partial charge in [0.1, 0.15) is 23.0 Å². The second-order valence-electron chi connectivity index (χ2n) is 29.3. The van der Waals surface area contributed by atoms with Crippen LogP contribution in [0, 0.1) is 0 Å². The van der Waals surface area contributed by atoms with Crippen molar-refractivity contribution in [2.24, 2.45) is 0 Å². The molecule has 103 heavy (non-hydrogen) atoms. The predicted octanol–water partition coefficient (Wildman–Crippen LogP) is 23.3. The van der Waals surface area contributed by atoms with Crippen molar-refractivity contribution in [3.8, 4) is 45.3 Å². The lowest BCUT2D eigenvalue weighted by Crippen LogP contribution is -2.40. The summed E-state index contributed by atoms with van der Waals surface area (Å²) in [6.07, 6.45) is 0. The Kier molecular flexibility index (Phi) is 13.4. The maximum atomic E-state index is 16.7. The number of imide groups is 1. The Hall–Kier alpha value is -12.9. The van der Waals surface area contributed by atoms with E-state index in [-0.39, 0.29) is 27.5 Å². The lowest BCUT2D eigenvalue weighted by atomic mass is 9.70. The van der Waals surface area contributed by atoms with Gasteiger partial charge in [0, 0.05) is 72.0 Å². The Morgan fingerprint density at radius 2 is 0.689 bits per heavy atom. The average molecular weight is 1340 g/mol. The molecule has 0 bridgehead atoms. The van der Waals surface area contributed by atoms with E-state index >= 15 is 9.59 Å². The van der Waals surface area contributed by atoms with Crippen molar-refractivity contribution < 1.29 is 33.4 Å². The highest BCUT2D eigenvalue weighted by molar-refractivity contribution is 6.45. The van der Waals surface area contributed by atoms with Crippen LogP contribution in [-0.4, -0.2) is 23.8 Å². The molecule has 2 aliphatic heterocycles. The van der Waals surface area contributed by atoms with Crippen molar-refractivity contribution >= 4 is 107 Å². The molecule has 0 saturated heterocycles. The molecule has 15 aromatic rings. The molecule has 2 heterocycles. The van der Waals surface area contributed by atoms with Gasteiger partial charge in [0.2, 0.25) is 0 Å². The number of cyclic esters (lactones) is 2. The van der Waals surface area contributed by atoms with E-state index in [2.05, 4.69) is 221 Å². The van der Waals surface area contributed by atoms with E-state index in [4.69, 9.17) is 14.2 Å². The molecule has 0 fully saturated rings. The molecular weight excluding hydrogens is 1270 g/mol. The molecule has 10 nitrogen and oxygen atoms in total. The second-order valence-corrected chi connectivity index (χ2v) is 29.3. The summed E-state index contributed by atoms with van der Waals surface area (Å²) in [6, 6.07) is 96.6. The number of fused-ring (bicyclic) bond motifs is 12. The first kappa shape index (κ1) is 61.2. The van der Waals surface area contributed by atoms with Gasteiger partial charge < -0.3 is 24.0 Å². The van der Waals surface area contributed by atoms with Crippen LogP contribution < -0.4 is 24.2 Å². The van der Waals surface area contributed by atoms with Crippen LogP contribution in [0.2, 0.25) is 0 Å². The zero-order valence-electron chi connectivity index (χ0n) is 57.3. The van der Waals surface area contributed by atoms with Gasteiger partial charge in [-0.2, -0.15) is 0 Å². The van der Waals surface area contributed by atoms with Crippen molar-refractivity contribution in [1.29, 1.82) is 0 Å². The SMILES string of the molecule is CC(C)(C)c1ccc(Oc2cc3c4c(ccc5c6c(Oc7ccc(C(C)(C)C)cc7)cc7c8c(ccc(c2c45)c86)C(=O)N(c2ccc4c(c2)C2(c5ccccc5-4)c4cc(N(c5ccccc5)c5ccccc5)ccc4-c4ccc(N(c5ccccc5)c5ccccc5)cc42)C7=O)C(=O)OC3=O)cc1. The third-order valence-corrected chi connectivity index (χ3v) is 21.4. The molecule has 0 N–H and O–H groups in total. The maximum Gasteiger partial charge on any atom is 0.346 e. The van der Waals surface area contributed by atoms with E-state index < -0.39 is 29.2 Å². The third-order valence-electron chi connectivity index (χ3n) is 21.4. The lowest BCUT2D eigenvalue weighted by Gasteiger charge is -2.34. The van der Waals surface area contributed by atoms with Crippen LogP contribution in [0.4, 0.5) is 39.8 Å². The van der Waals surface area contributed by atoms with Gasteiger partial charge in [-0.25, -0.2) is 14.5 Å². The largest absolute Gasteiger partial charge is 0.457 e. The third kappa shape index (κ3) is 9.19. The molecule has 1 spiro atoms. The number of ether oxygens (including phenoxy) is 3. The minimum atomic E-state index is -1.02. The fourth-order valence-corrected chi connectivity index (χ4v) is 16.7. The first-order valence-electron chi connectivity index (χ1n) is 34.9. The van der Waals surface area contributed by atoms with Gasteiger partial charge in [-0.15, -0.1) is 0 Å². The Morgan fingerprint density at radius 1 is 0.311 bits per heavy atom. The van der Waals surface area contributed by atoms with E-state index in [9.17, 15) is 9.59 Å². The van der Waals surface area contributed by atoms with Gasteiger partial charge in [-0.3, -0.25) is 9.59 Å². The zero-order chi connectivity index (χ0) is 69.9. The van der Waals surface area contributed by atoms with Crippen molar-refractivity contribution in [1.82, 2.24) is 0 Å².